The first kappa shape index (κ1) is 12.9. The standard InChI is InChI=1S/C12H18ClNS/c1-9(2)8-15-12(7-14)10-5-3-4-6-11(10)13/h3-6,9,12H,7-8,14H2,1-2H3. The van der Waals surface area contributed by atoms with Gasteiger partial charge in [0.05, 0.1) is 0 Å². The molecule has 0 radical (unpaired) electrons. The lowest BCUT2D eigenvalue weighted by atomic mass is 10.1. The van der Waals surface area contributed by atoms with Crippen molar-refractivity contribution in [2.24, 2.45) is 11.7 Å². The molecule has 3 heteroatoms. The van der Waals surface area contributed by atoms with Crippen LogP contribution in [0.5, 0.6) is 0 Å². The summed E-state index contributed by atoms with van der Waals surface area (Å²) in [5.41, 5.74) is 6.94. The van der Waals surface area contributed by atoms with Gasteiger partial charge >= 0.3 is 0 Å². The topological polar surface area (TPSA) is 26.0 Å². The third-order valence-corrected chi connectivity index (χ3v) is 4.15. The largest absolute Gasteiger partial charge is 0.329 e. The van der Waals surface area contributed by atoms with Crippen LogP contribution in [0.1, 0.15) is 24.7 Å². The third-order valence-electron chi connectivity index (χ3n) is 2.10. The van der Waals surface area contributed by atoms with Crippen molar-refractivity contribution >= 4 is 23.4 Å². The van der Waals surface area contributed by atoms with Gasteiger partial charge in [0.15, 0.2) is 0 Å². The van der Waals surface area contributed by atoms with Crippen molar-refractivity contribution in [2.75, 3.05) is 12.3 Å². The van der Waals surface area contributed by atoms with Crippen molar-refractivity contribution in [1.29, 1.82) is 0 Å². The number of thioether (sulfide) groups is 1. The second-order valence-electron chi connectivity index (χ2n) is 3.97. The van der Waals surface area contributed by atoms with E-state index in [-0.39, 0.29) is 0 Å². The first-order chi connectivity index (χ1) is 7.15. The fourth-order valence-corrected chi connectivity index (χ4v) is 2.80. The smallest absolute Gasteiger partial charge is 0.0449 e. The number of hydrogen-bond acceptors (Lipinski definition) is 2. The van der Waals surface area contributed by atoms with Crippen molar-refractivity contribution in [1.82, 2.24) is 0 Å². The van der Waals surface area contributed by atoms with E-state index < -0.39 is 0 Å². The molecule has 0 fully saturated rings. The molecule has 0 heterocycles. The SMILES string of the molecule is CC(C)CSC(CN)c1ccccc1Cl. The lowest BCUT2D eigenvalue weighted by Crippen LogP contribution is -2.11. The number of benzene rings is 1. The Bertz CT molecular complexity index is 301. The zero-order valence-electron chi connectivity index (χ0n) is 9.24. The summed E-state index contributed by atoms with van der Waals surface area (Å²) >= 11 is 8.03. The molecule has 0 amide bonds. The average molecular weight is 244 g/mol. The van der Waals surface area contributed by atoms with E-state index in [0.29, 0.717) is 17.7 Å². The zero-order valence-corrected chi connectivity index (χ0v) is 10.8. The number of nitrogens with two attached hydrogens (primary N) is 1. The van der Waals surface area contributed by atoms with E-state index in [1.54, 1.807) is 0 Å². The van der Waals surface area contributed by atoms with Gasteiger partial charge in [0, 0.05) is 16.8 Å². The molecule has 1 aromatic rings. The number of rotatable bonds is 5. The van der Waals surface area contributed by atoms with Crippen LogP contribution in [0.15, 0.2) is 24.3 Å². The highest BCUT2D eigenvalue weighted by molar-refractivity contribution is 7.99. The quantitative estimate of drug-likeness (QED) is 0.853. The molecule has 0 aromatic heterocycles. The molecule has 0 aliphatic heterocycles. The van der Waals surface area contributed by atoms with Crippen LogP contribution in [-0.2, 0) is 0 Å². The van der Waals surface area contributed by atoms with Gasteiger partial charge in [0.2, 0.25) is 0 Å². The van der Waals surface area contributed by atoms with E-state index in [1.165, 1.54) is 0 Å². The minimum absolute atomic E-state index is 0.320. The van der Waals surface area contributed by atoms with E-state index in [0.717, 1.165) is 16.3 Å². The zero-order chi connectivity index (χ0) is 11.3. The first-order valence-corrected chi connectivity index (χ1v) is 6.64. The van der Waals surface area contributed by atoms with Gasteiger partial charge in [-0.2, -0.15) is 11.8 Å². The van der Waals surface area contributed by atoms with Gasteiger partial charge in [0.1, 0.15) is 0 Å². The normalized spacial score (nSPS) is 13.1. The summed E-state index contributed by atoms with van der Waals surface area (Å²) in [6.45, 7) is 5.07. The predicted molar refractivity (Wildman–Crippen MR) is 70.5 cm³/mol. The van der Waals surface area contributed by atoms with Crippen molar-refractivity contribution in [3.05, 3.63) is 34.9 Å². The summed E-state index contributed by atoms with van der Waals surface area (Å²) in [5.74, 6) is 1.80. The summed E-state index contributed by atoms with van der Waals surface area (Å²) in [6, 6.07) is 7.95. The van der Waals surface area contributed by atoms with Gasteiger partial charge < -0.3 is 5.73 Å². The highest BCUT2D eigenvalue weighted by Crippen LogP contribution is 2.33. The second kappa shape index (κ2) is 6.41. The molecule has 0 aliphatic carbocycles. The Kier molecular flexibility index (Phi) is 5.51. The van der Waals surface area contributed by atoms with Gasteiger partial charge in [-0.05, 0) is 23.3 Å². The Morgan fingerprint density at radius 3 is 2.53 bits per heavy atom. The molecular formula is C12H18ClNS. The van der Waals surface area contributed by atoms with Gasteiger partial charge in [-0.3, -0.25) is 0 Å². The maximum absolute atomic E-state index is 6.14. The van der Waals surface area contributed by atoms with Crippen LogP contribution >= 0.6 is 23.4 Å². The van der Waals surface area contributed by atoms with Crippen LogP contribution < -0.4 is 5.73 Å². The highest BCUT2D eigenvalue weighted by Gasteiger charge is 2.13. The third kappa shape index (κ3) is 4.06. The molecule has 0 bridgehead atoms. The molecule has 1 atom stereocenters. The lowest BCUT2D eigenvalue weighted by molar-refractivity contribution is 0.746. The minimum Gasteiger partial charge on any atom is -0.329 e. The van der Waals surface area contributed by atoms with Gasteiger partial charge in [-0.25, -0.2) is 0 Å². The number of hydrogen-bond donors (Lipinski definition) is 1. The Morgan fingerprint density at radius 2 is 2.00 bits per heavy atom. The van der Waals surface area contributed by atoms with E-state index >= 15 is 0 Å². The molecule has 1 unspecified atom stereocenters. The van der Waals surface area contributed by atoms with Crippen LogP contribution in [0.25, 0.3) is 0 Å². The Hall–Kier alpha value is -0.180. The highest BCUT2D eigenvalue weighted by atomic mass is 35.5. The van der Waals surface area contributed by atoms with Crippen LogP contribution in [0, 0.1) is 5.92 Å². The van der Waals surface area contributed by atoms with E-state index in [2.05, 4.69) is 19.9 Å². The summed E-state index contributed by atoms with van der Waals surface area (Å²) in [4.78, 5) is 0. The summed E-state index contributed by atoms with van der Waals surface area (Å²) in [5, 5.41) is 1.14. The van der Waals surface area contributed by atoms with Crippen molar-refractivity contribution in [2.45, 2.75) is 19.1 Å². The van der Waals surface area contributed by atoms with Gasteiger partial charge in [-0.15, -0.1) is 0 Å². The summed E-state index contributed by atoms with van der Waals surface area (Å²) in [6.07, 6.45) is 0. The fraction of sp³-hybridized carbons (Fsp3) is 0.500. The number of halogens is 1. The maximum atomic E-state index is 6.14. The minimum atomic E-state index is 0.320. The molecular weight excluding hydrogens is 226 g/mol. The van der Waals surface area contributed by atoms with Crippen molar-refractivity contribution < 1.29 is 0 Å². The molecule has 0 spiro atoms. The van der Waals surface area contributed by atoms with Gasteiger partial charge in [-0.1, -0.05) is 43.6 Å². The molecule has 1 rings (SSSR count). The van der Waals surface area contributed by atoms with Crippen LogP contribution in [0.4, 0.5) is 0 Å². The van der Waals surface area contributed by atoms with Gasteiger partial charge in [0.25, 0.3) is 0 Å². The lowest BCUT2D eigenvalue weighted by Gasteiger charge is -2.17. The Morgan fingerprint density at radius 1 is 1.33 bits per heavy atom. The Labute approximate surface area is 101 Å². The Balaban J connectivity index is 2.70. The van der Waals surface area contributed by atoms with Crippen LogP contribution in [0.3, 0.4) is 0 Å². The van der Waals surface area contributed by atoms with Crippen molar-refractivity contribution in [3.8, 4) is 0 Å². The molecule has 1 aromatic carbocycles. The van der Waals surface area contributed by atoms with E-state index in [9.17, 15) is 0 Å². The summed E-state index contributed by atoms with van der Waals surface area (Å²) < 4.78 is 0. The molecule has 0 saturated heterocycles. The maximum Gasteiger partial charge on any atom is 0.0449 e. The predicted octanol–water partition coefficient (Wildman–Crippen LogP) is 3.73. The van der Waals surface area contributed by atoms with E-state index in [4.69, 9.17) is 17.3 Å². The van der Waals surface area contributed by atoms with Crippen molar-refractivity contribution in [3.63, 3.8) is 0 Å². The first-order valence-electron chi connectivity index (χ1n) is 5.21. The molecule has 1 nitrogen and oxygen atoms in total. The van der Waals surface area contributed by atoms with Crippen LogP contribution in [-0.4, -0.2) is 12.3 Å². The molecule has 84 valence electrons. The fourth-order valence-electron chi connectivity index (χ4n) is 1.33. The van der Waals surface area contributed by atoms with Crippen LogP contribution in [0.2, 0.25) is 5.02 Å². The molecule has 0 saturated carbocycles. The molecule has 2 N–H and O–H groups in total. The second-order valence-corrected chi connectivity index (χ2v) is 5.62. The average Bonchev–Trinajstić information content (AvgIpc) is 2.21. The molecule has 0 aliphatic rings. The molecule has 15 heavy (non-hydrogen) atoms. The monoisotopic (exact) mass is 243 g/mol. The van der Waals surface area contributed by atoms with E-state index in [1.807, 2.05) is 30.0 Å². The summed E-state index contributed by atoms with van der Waals surface area (Å²) in [7, 11) is 0.